The normalized spacial score (nSPS) is 13.0. The van der Waals surface area contributed by atoms with Crippen LogP contribution in [0.3, 0.4) is 0 Å². The van der Waals surface area contributed by atoms with E-state index in [0.29, 0.717) is 0 Å². The maximum absolute atomic E-state index is 6.15. The van der Waals surface area contributed by atoms with E-state index >= 15 is 0 Å². The number of nitrogens with zero attached hydrogens (tertiary/aromatic N) is 1. The Morgan fingerprint density at radius 3 is 2.54 bits per heavy atom. The van der Waals surface area contributed by atoms with Crippen LogP contribution in [0.1, 0.15) is 23.1 Å². The molecule has 1 aliphatic heterocycles. The van der Waals surface area contributed by atoms with Crippen molar-refractivity contribution in [3.8, 4) is 11.5 Å². The Labute approximate surface area is 150 Å². The Hall–Kier alpha value is -2.07. The molecule has 0 bridgehead atoms. The molecule has 0 saturated carbocycles. The molecule has 0 radical (unpaired) electrons. The summed E-state index contributed by atoms with van der Waals surface area (Å²) >= 11 is 0. The van der Waals surface area contributed by atoms with Crippen molar-refractivity contribution in [2.24, 2.45) is 0 Å². The molecule has 2 N–H and O–H groups in total. The number of methoxy groups -OCH3 is 2. The molecule has 0 amide bonds. The smallest absolute Gasteiger partial charge is 0.161 e. The van der Waals surface area contributed by atoms with Crippen LogP contribution in [-0.2, 0) is 13.0 Å². The number of anilines is 2. The number of halogens is 1. The van der Waals surface area contributed by atoms with Crippen LogP contribution in [0.4, 0.5) is 11.4 Å². The van der Waals surface area contributed by atoms with E-state index < -0.39 is 0 Å². The number of nitrogens with two attached hydrogens (primary N) is 1. The van der Waals surface area contributed by atoms with Gasteiger partial charge in [-0.15, -0.1) is 12.4 Å². The number of ether oxygens (including phenoxy) is 2. The van der Waals surface area contributed by atoms with Crippen molar-refractivity contribution in [1.29, 1.82) is 0 Å². The van der Waals surface area contributed by atoms with Crippen molar-refractivity contribution in [3.05, 3.63) is 47.0 Å². The van der Waals surface area contributed by atoms with Crippen LogP contribution in [0.25, 0.3) is 0 Å². The van der Waals surface area contributed by atoms with Gasteiger partial charge in [0, 0.05) is 24.5 Å². The third kappa shape index (κ3) is 3.39. The zero-order valence-corrected chi connectivity index (χ0v) is 15.3. The van der Waals surface area contributed by atoms with Crippen molar-refractivity contribution in [2.75, 3.05) is 31.4 Å². The minimum Gasteiger partial charge on any atom is -0.493 e. The van der Waals surface area contributed by atoms with E-state index in [-0.39, 0.29) is 12.4 Å². The van der Waals surface area contributed by atoms with Crippen LogP contribution < -0.4 is 20.1 Å². The van der Waals surface area contributed by atoms with Gasteiger partial charge in [-0.3, -0.25) is 0 Å². The Kier molecular flexibility index (Phi) is 5.84. The second kappa shape index (κ2) is 7.67. The van der Waals surface area contributed by atoms with E-state index in [1.165, 1.54) is 22.4 Å². The molecule has 1 heterocycles. The standard InChI is InChI=1S/C19H24N2O2.ClH/c1-13-10-18(22-2)19(23-3)11-14(13)12-21-9-5-6-15-16(20)7-4-8-17(15)21;/h4,7-8,10-11H,5-6,9,12,20H2,1-3H3;1H. The maximum atomic E-state index is 6.15. The largest absolute Gasteiger partial charge is 0.493 e. The monoisotopic (exact) mass is 348 g/mol. The lowest BCUT2D eigenvalue weighted by Gasteiger charge is -2.32. The quantitative estimate of drug-likeness (QED) is 0.849. The highest BCUT2D eigenvalue weighted by molar-refractivity contribution is 5.85. The van der Waals surface area contributed by atoms with E-state index in [0.717, 1.165) is 43.1 Å². The minimum absolute atomic E-state index is 0. The van der Waals surface area contributed by atoms with Gasteiger partial charge in [-0.25, -0.2) is 0 Å². The average molecular weight is 349 g/mol. The van der Waals surface area contributed by atoms with Gasteiger partial charge in [0.25, 0.3) is 0 Å². The second-order valence-electron chi connectivity index (χ2n) is 6.00. The summed E-state index contributed by atoms with van der Waals surface area (Å²) in [7, 11) is 3.34. The molecule has 4 nitrogen and oxygen atoms in total. The van der Waals surface area contributed by atoms with Gasteiger partial charge in [0.05, 0.1) is 14.2 Å². The first-order valence-corrected chi connectivity index (χ1v) is 7.98. The molecule has 2 aromatic rings. The fraction of sp³-hybridized carbons (Fsp3) is 0.368. The fourth-order valence-electron chi connectivity index (χ4n) is 3.29. The highest BCUT2D eigenvalue weighted by Crippen LogP contribution is 2.35. The summed E-state index contributed by atoms with van der Waals surface area (Å²) in [4.78, 5) is 2.41. The van der Waals surface area contributed by atoms with Crippen molar-refractivity contribution in [3.63, 3.8) is 0 Å². The number of hydrogen-bond donors (Lipinski definition) is 1. The summed E-state index contributed by atoms with van der Waals surface area (Å²) in [5.74, 6) is 1.55. The first-order chi connectivity index (χ1) is 11.1. The number of aryl methyl sites for hydroxylation is 1. The van der Waals surface area contributed by atoms with Gasteiger partial charge in [0.2, 0.25) is 0 Å². The highest BCUT2D eigenvalue weighted by atomic mass is 35.5. The van der Waals surface area contributed by atoms with Gasteiger partial charge in [-0.1, -0.05) is 6.07 Å². The SMILES string of the molecule is COc1cc(C)c(CN2CCCc3c(N)cccc32)cc1OC.Cl. The number of fused-ring (bicyclic) bond motifs is 1. The van der Waals surface area contributed by atoms with Crippen LogP contribution in [0.15, 0.2) is 30.3 Å². The molecule has 0 spiro atoms. The van der Waals surface area contributed by atoms with Gasteiger partial charge < -0.3 is 20.1 Å². The molecule has 3 rings (SSSR count). The molecule has 0 unspecified atom stereocenters. The van der Waals surface area contributed by atoms with E-state index in [9.17, 15) is 0 Å². The molecular formula is C19H25ClN2O2. The van der Waals surface area contributed by atoms with E-state index in [1.807, 2.05) is 18.2 Å². The summed E-state index contributed by atoms with van der Waals surface area (Å²) in [5.41, 5.74) is 12.0. The fourth-order valence-corrected chi connectivity index (χ4v) is 3.29. The second-order valence-corrected chi connectivity index (χ2v) is 6.00. The Morgan fingerprint density at radius 1 is 1.12 bits per heavy atom. The molecule has 24 heavy (non-hydrogen) atoms. The van der Waals surface area contributed by atoms with Crippen molar-refractivity contribution in [2.45, 2.75) is 26.3 Å². The minimum atomic E-state index is 0. The van der Waals surface area contributed by atoms with Crippen molar-refractivity contribution < 1.29 is 9.47 Å². The van der Waals surface area contributed by atoms with E-state index in [2.05, 4.69) is 24.0 Å². The molecule has 0 aliphatic carbocycles. The predicted octanol–water partition coefficient (Wildman–Crippen LogP) is 3.97. The van der Waals surface area contributed by atoms with Crippen molar-refractivity contribution >= 4 is 23.8 Å². The first-order valence-electron chi connectivity index (χ1n) is 7.98. The summed E-state index contributed by atoms with van der Waals surface area (Å²) < 4.78 is 10.8. The van der Waals surface area contributed by atoms with E-state index in [1.54, 1.807) is 14.2 Å². The topological polar surface area (TPSA) is 47.7 Å². The summed E-state index contributed by atoms with van der Waals surface area (Å²) in [5, 5.41) is 0. The third-order valence-electron chi connectivity index (χ3n) is 4.59. The Balaban J connectivity index is 0.00000208. The summed E-state index contributed by atoms with van der Waals surface area (Å²) in [6.45, 7) is 4.01. The first kappa shape index (κ1) is 18.3. The molecular weight excluding hydrogens is 324 g/mol. The third-order valence-corrected chi connectivity index (χ3v) is 4.59. The molecule has 0 aromatic heterocycles. The van der Waals surface area contributed by atoms with Gasteiger partial charge in [-0.2, -0.15) is 0 Å². The number of nitrogen functional groups attached to an aromatic ring is 1. The average Bonchev–Trinajstić information content (AvgIpc) is 2.57. The van der Waals surface area contributed by atoms with Crippen LogP contribution in [0.5, 0.6) is 11.5 Å². The van der Waals surface area contributed by atoms with Gasteiger partial charge in [0.1, 0.15) is 0 Å². The van der Waals surface area contributed by atoms with Gasteiger partial charge in [-0.05, 0) is 60.7 Å². The zero-order valence-electron chi connectivity index (χ0n) is 14.5. The lowest BCUT2D eigenvalue weighted by Crippen LogP contribution is -2.29. The molecule has 5 heteroatoms. The summed E-state index contributed by atoms with van der Waals surface area (Å²) in [6, 6.07) is 10.3. The highest BCUT2D eigenvalue weighted by Gasteiger charge is 2.20. The maximum Gasteiger partial charge on any atom is 0.161 e. The molecule has 0 atom stereocenters. The Morgan fingerprint density at radius 2 is 1.83 bits per heavy atom. The lowest BCUT2D eigenvalue weighted by molar-refractivity contribution is 0.354. The lowest BCUT2D eigenvalue weighted by atomic mass is 9.98. The number of hydrogen-bond acceptors (Lipinski definition) is 4. The van der Waals surface area contributed by atoms with Crippen LogP contribution in [0.2, 0.25) is 0 Å². The zero-order chi connectivity index (χ0) is 16.4. The van der Waals surface area contributed by atoms with E-state index in [4.69, 9.17) is 15.2 Å². The molecule has 1 aliphatic rings. The molecule has 2 aromatic carbocycles. The van der Waals surface area contributed by atoms with Crippen LogP contribution in [-0.4, -0.2) is 20.8 Å². The van der Waals surface area contributed by atoms with Gasteiger partial charge in [0.15, 0.2) is 11.5 Å². The predicted molar refractivity (Wildman–Crippen MR) is 102 cm³/mol. The molecule has 130 valence electrons. The Bertz CT molecular complexity index is 719. The summed E-state index contributed by atoms with van der Waals surface area (Å²) in [6.07, 6.45) is 2.19. The van der Waals surface area contributed by atoms with Crippen LogP contribution >= 0.6 is 12.4 Å². The molecule has 0 fully saturated rings. The van der Waals surface area contributed by atoms with Gasteiger partial charge >= 0.3 is 0 Å². The van der Waals surface area contributed by atoms with Crippen molar-refractivity contribution in [1.82, 2.24) is 0 Å². The molecule has 0 saturated heterocycles. The van der Waals surface area contributed by atoms with Crippen LogP contribution in [0, 0.1) is 6.92 Å². The number of rotatable bonds is 4. The number of benzene rings is 2.